The van der Waals surface area contributed by atoms with E-state index in [0.717, 1.165) is 11.2 Å². The van der Waals surface area contributed by atoms with Crippen LogP contribution in [0.2, 0.25) is 0 Å². The largest absolute Gasteiger partial charge is 0.477 e. The van der Waals surface area contributed by atoms with Crippen molar-refractivity contribution in [1.29, 1.82) is 0 Å². The van der Waals surface area contributed by atoms with Crippen molar-refractivity contribution < 1.29 is 9.90 Å². The summed E-state index contributed by atoms with van der Waals surface area (Å²) in [6.07, 6.45) is 0.607. The Kier molecular flexibility index (Phi) is 4.15. The third kappa shape index (κ3) is 3.29. The number of H-pyrrole nitrogens is 1. The molecule has 0 saturated carbocycles. The van der Waals surface area contributed by atoms with Gasteiger partial charge in [-0.25, -0.2) is 9.78 Å². The fourth-order valence-corrected chi connectivity index (χ4v) is 3.22. The molecule has 4 nitrogen and oxygen atoms in total. The van der Waals surface area contributed by atoms with Crippen LogP contribution in [0.3, 0.4) is 0 Å². The van der Waals surface area contributed by atoms with Gasteiger partial charge in [0.15, 0.2) is 0 Å². The quantitative estimate of drug-likeness (QED) is 0.724. The van der Waals surface area contributed by atoms with Crippen molar-refractivity contribution in [3.63, 3.8) is 0 Å². The van der Waals surface area contributed by atoms with Gasteiger partial charge in [-0.1, -0.05) is 26.8 Å². The first-order valence-corrected chi connectivity index (χ1v) is 8.48. The van der Waals surface area contributed by atoms with E-state index in [1.165, 1.54) is 33.8 Å². The first-order valence-electron chi connectivity index (χ1n) is 8.48. The van der Waals surface area contributed by atoms with Gasteiger partial charge >= 0.3 is 5.97 Å². The smallest absolute Gasteiger partial charge is 0.354 e. The lowest BCUT2D eigenvalue weighted by atomic mass is 9.87. The van der Waals surface area contributed by atoms with E-state index in [-0.39, 0.29) is 11.1 Å². The molecular formula is C21H24N2O2. The summed E-state index contributed by atoms with van der Waals surface area (Å²) in [5.74, 6) is -0.997. The van der Waals surface area contributed by atoms with Crippen LogP contribution in [0.15, 0.2) is 30.3 Å². The number of aromatic carboxylic acids is 1. The Morgan fingerprint density at radius 1 is 1.16 bits per heavy atom. The molecule has 0 unspecified atom stereocenters. The van der Waals surface area contributed by atoms with Gasteiger partial charge in [0.1, 0.15) is 5.69 Å². The Morgan fingerprint density at radius 2 is 1.84 bits per heavy atom. The average Bonchev–Trinajstić information content (AvgIpc) is 2.86. The Morgan fingerprint density at radius 3 is 2.48 bits per heavy atom. The van der Waals surface area contributed by atoms with Gasteiger partial charge < -0.3 is 10.1 Å². The van der Waals surface area contributed by atoms with Crippen molar-refractivity contribution in [3.05, 3.63) is 64.1 Å². The Labute approximate surface area is 147 Å². The highest BCUT2D eigenvalue weighted by Crippen LogP contribution is 2.34. The van der Waals surface area contributed by atoms with Crippen LogP contribution in [0.4, 0.5) is 0 Å². The fraction of sp³-hybridized carbons (Fsp3) is 0.333. The summed E-state index contributed by atoms with van der Waals surface area (Å²) in [5, 5.41) is 10.4. The van der Waals surface area contributed by atoms with Crippen LogP contribution in [-0.2, 0) is 11.8 Å². The zero-order valence-corrected chi connectivity index (χ0v) is 15.4. The number of benzene rings is 1. The van der Waals surface area contributed by atoms with E-state index in [0.29, 0.717) is 6.42 Å². The maximum Gasteiger partial charge on any atom is 0.354 e. The van der Waals surface area contributed by atoms with Crippen molar-refractivity contribution in [2.75, 3.05) is 0 Å². The molecule has 0 saturated heterocycles. The number of hydrogen-bond acceptors (Lipinski definition) is 2. The number of carboxylic acid groups (broad SMARTS) is 1. The molecule has 0 atom stereocenters. The number of fused-ring (bicyclic) bond motifs is 1. The number of carbonyl (C=O) groups is 1. The van der Waals surface area contributed by atoms with E-state index in [1.807, 2.05) is 6.07 Å². The molecule has 1 aromatic carbocycles. The lowest BCUT2D eigenvalue weighted by molar-refractivity contribution is 0.0690. The Bertz CT molecular complexity index is 962. The normalized spacial score (nSPS) is 11.9. The van der Waals surface area contributed by atoms with Gasteiger partial charge in [-0.3, -0.25) is 0 Å². The minimum absolute atomic E-state index is 0.0411. The minimum Gasteiger partial charge on any atom is -0.477 e. The first-order chi connectivity index (χ1) is 11.7. The monoisotopic (exact) mass is 336 g/mol. The third-order valence-electron chi connectivity index (χ3n) is 4.65. The van der Waals surface area contributed by atoms with Crippen LogP contribution < -0.4 is 0 Å². The van der Waals surface area contributed by atoms with Crippen molar-refractivity contribution in [1.82, 2.24) is 9.97 Å². The van der Waals surface area contributed by atoms with Crippen molar-refractivity contribution >= 4 is 16.9 Å². The van der Waals surface area contributed by atoms with Gasteiger partial charge in [-0.2, -0.15) is 0 Å². The number of pyridine rings is 1. The highest BCUT2D eigenvalue weighted by molar-refractivity contribution is 5.87. The number of rotatable bonds is 3. The topological polar surface area (TPSA) is 66.0 Å². The predicted octanol–water partition coefficient (Wildman–Crippen LogP) is 4.77. The molecular weight excluding hydrogens is 312 g/mol. The van der Waals surface area contributed by atoms with Crippen LogP contribution in [0, 0.1) is 13.8 Å². The van der Waals surface area contributed by atoms with Gasteiger partial charge in [0.25, 0.3) is 0 Å². The zero-order chi connectivity index (χ0) is 18.4. The second-order valence-corrected chi connectivity index (χ2v) is 7.71. The molecule has 130 valence electrons. The van der Waals surface area contributed by atoms with Gasteiger partial charge in [0.05, 0.1) is 0 Å². The standard InChI is InChI=1S/C21H24N2O2/c1-12-9-15-16(11-14-7-6-8-17(22-14)20(24)25)19(21(3,4)5)23-18(15)10-13(12)2/h6-10,23H,11H2,1-5H3,(H,24,25). The molecule has 0 aliphatic rings. The average molecular weight is 336 g/mol. The predicted molar refractivity (Wildman–Crippen MR) is 100 cm³/mol. The van der Waals surface area contributed by atoms with Crippen LogP contribution >= 0.6 is 0 Å². The molecule has 2 N–H and O–H groups in total. The van der Waals surface area contributed by atoms with E-state index in [1.54, 1.807) is 6.07 Å². The number of hydrogen-bond donors (Lipinski definition) is 2. The molecule has 2 aromatic heterocycles. The number of carboxylic acids is 1. The summed E-state index contributed by atoms with van der Waals surface area (Å²) >= 11 is 0. The van der Waals surface area contributed by atoms with E-state index < -0.39 is 5.97 Å². The number of aromatic nitrogens is 2. The molecule has 25 heavy (non-hydrogen) atoms. The number of aromatic amines is 1. The van der Waals surface area contributed by atoms with Crippen molar-refractivity contribution in [2.24, 2.45) is 0 Å². The van der Waals surface area contributed by atoms with Crippen LogP contribution in [0.25, 0.3) is 10.9 Å². The van der Waals surface area contributed by atoms with Crippen LogP contribution in [0.5, 0.6) is 0 Å². The Hall–Kier alpha value is -2.62. The maximum atomic E-state index is 11.2. The molecule has 0 aliphatic heterocycles. The van der Waals surface area contributed by atoms with Gasteiger partial charge in [0.2, 0.25) is 0 Å². The molecule has 0 radical (unpaired) electrons. The Balaban J connectivity index is 2.18. The summed E-state index contributed by atoms with van der Waals surface area (Å²) in [7, 11) is 0. The molecule has 2 heterocycles. The second-order valence-electron chi connectivity index (χ2n) is 7.71. The van der Waals surface area contributed by atoms with Gasteiger partial charge in [-0.15, -0.1) is 0 Å². The lowest BCUT2D eigenvalue weighted by Crippen LogP contribution is -2.14. The first kappa shape index (κ1) is 17.2. The van der Waals surface area contributed by atoms with Gasteiger partial charge in [0, 0.05) is 34.1 Å². The highest BCUT2D eigenvalue weighted by atomic mass is 16.4. The summed E-state index contributed by atoms with van der Waals surface area (Å²) in [5.41, 5.74) is 6.81. The third-order valence-corrected chi connectivity index (χ3v) is 4.65. The van der Waals surface area contributed by atoms with E-state index in [4.69, 9.17) is 0 Å². The number of nitrogens with zero attached hydrogens (tertiary/aromatic N) is 1. The van der Waals surface area contributed by atoms with E-state index >= 15 is 0 Å². The molecule has 0 fully saturated rings. The minimum atomic E-state index is -0.997. The molecule has 0 spiro atoms. The molecule has 0 amide bonds. The van der Waals surface area contributed by atoms with Crippen molar-refractivity contribution in [2.45, 2.75) is 46.5 Å². The molecule has 4 heteroatoms. The second kappa shape index (κ2) is 6.03. The van der Waals surface area contributed by atoms with Crippen LogP contribution in [0.1, 0.15) is 59.3 Å². The SMILES string of the molecule is Cc1cc2[nH]c(C(C)(C)C)c(Cc3cccc(C(=O)O)n3)c2cc1C. The summed E-state index contributed by atoms with van der Waals surface area (Å²) in [4.78, 5) is 19.1. The lowest BCUT2D eigenvalue weighted by Gasteiger charge is -2.19. The molecule has 0 bridgehead atoms. The summed E-state index contributed by atoms with van der Waals surface area (Å²) in [6.45, 7) is 10.8. The number of nitrogens with one attached hydrogen (secondary N) is 1. The molecule has 0 aliphatic carbocycles. The van der Waals surface area contributed by atoms with E-state index in [2.05, 4.69) is 56.7 Å². The fourth-order valence-electron chi connectivity index (χ4n) is 3.22. The zero-order valence-electron chi connectivity index (χ0n) is 15.4. The summed E-state index contributed by atoms with van der Waals surface area (Å²) < 4.78 is 0. The molecule has 3 aromatic rings. The van der Waals surface area contributed by atoms with Crippen LogP contribution in [-0.4, -0.2) is 21.0 Å². The van der Waals surface area contributed by atoms with E-state index in [9.17, 15) is 9.90 Å². The molecule has 3 rings (SSSR count). The summed E-state index contributed by atoms with van der Waals surface area (Å²) in [6, 6.07) is 9.57. The highest BCUT2D eigenvalue weighted by Gasteiger charge is 2.23. The maximum absolute atomic E-state index is 11.2. The van der Waals surface area contributed by atoms with Crippen molar-refractivity contribution in [3.8, 4) is 0 Å². The number of aryl methyl sites for hydroxylation is 2. The van der Waals surface area contributed by atoms with Gasteiger partial charge in [-0.05, 0) is 54.8 Å².